The maximum Gasteiger partial charge on any atom is 0.263 e. The molecule has 1 amide bonds. The third kappa shape index (κ3) is 4.13. The third-order valence-corrected chi connectivity index (χ3v) is 6.80. The molecule has 0 bridgehead atoms. The number of carbonyl (C=O) groups is 1. The van der Waals surface area contributed by atoms with Gasteiger partial charge in [0.2, 0.25) is 5.91 Å². The Morgan fingerprint density at radius 2 is 1.81 bits per heavy atom. The number of halogens is 1. The second-order valence-corrected chi connectivity index (χ2v) is 9.37. The van der Waals surface area contributed by atoms with Crippen LogP contribution in [-0.4, -0.2) is 29.6 Å². The van der Waals surface area contributed by atoms with Crippen molar-refractivity contribution in [3.8, 4) is 11.4 Å². The summed E-state index contributed by atoms with van der Waals surface area (Å²) >= 11 is 7.89. The van der Waals surface area contributed by atoms with E-state index in [2.05, 4.69) is 5.32 Å². The third-order valence-electron chi connectivity index (χ3n) is 5.37. The molecule has 0 radical (unpaired) electrons. The highest BCUT2D eigenvalue weighted by Crippen LogP contribution is 2.31. The molecular weight excluding hydrogens is 444 g/mol. The number of hydrogen-bond donors (Lipinski definition) is 1. The highest BCUT2D eigenvalue weighted by Gasteiger charge is 2.20. The van der Waals surface area contributed by atoms with Gasteiger partial charge in [0.1, 0.15) is 17.2 Å². The van der Waals surface area contributed by atoms with Crippen LogP contribution in [0.4, 0.5) is 11.4 Å². The molecule has 2 aromatic carbocycles. The van der Waals surface area contributed by atoms with E-state index >= 15 is 0 Å². The molecule has 0 aliphatic rings. The molecule has 6 nitrogen and oxygen atoms in total. The summed E-state index contributed by atoms with van der Waals surface area (Å²) in [6, 6.07) is 14.7. The average Bonchev–Trinajstić information content (AvgIpc) is 3.04. The molecule has 8 heteroatoms. The van der Waals surface area contributed by atoms with Gasteiger partial charge in [-0.25, -0.2) is 4.98 Å². The zero-order chi connectivity index (χ0) is 23.0. The van der Waals surface area contributed by atoms with Crippen LogP contribution in [0.3, 0.4) is 0 Å². The van der Waals surface area contributed by atoms with Crippen LogP contribution in [0.25, 0.3) is 21.6 Å². The van der Waals surface area contributed by atoms with Gasteiger partial charge in [-0.15, -0.1) is 11.3 Å². The molecular formula is C24H23ClN4O2S. The van der Waals surface area contributed by atoms with E-state index in [0.29, 0.717) is 32.3 Å². The van der Waals surface area contributed by atoms with Crippen molar-refractivity contribution in [2.24, 2.45) is 0 Å². The number of hydrogen-bond acceptors (Lipinski definition) is 5. The number of anilines is 2. The average molecular weight is 467 g/mol. The van der Waals surface area contributed by atoms with Crippen molar-refractivity contribution in [2.75, 3.05) is 24.3 Å². The summed E-state index contributed by atoms with van der Waals surface area (Å²) in [4.78, 5) is 34.8. The Morgan fingerprint density at radius 1 is 1.12 bits per heavy atom. The van der Waals surface area contributed by atoms with E-state index in [1.54, 1.807) is 12.1 Å². The minimum Gasteiger partial charge on any atom is -0.378 e. The zero-order valence-electron chi connectivity index (χ0n) is 18.3. The first-order valence-electron chi connectivity index (χ1n) is 10.1. The van der Waals surface area contributed by atoms with Crippen LogP contribution < -0.4 is 15.8 Å². The van der Waals surface area contributed by atoms with E-state index in [0.717, 1.165) is 16.1 Å². The molecule has 32 heavy (non-hydrogen) atoms. The summed E-state index contributed by atoms with van der Waals surface area (Å²) in [5.41, 5.74) is 2.94. The van der Waals surface area contributed by atoms with E-state index < -0.39 is 0 Å². The van der Waals surface area contributed by atoms with E-state index in [1.807, 2.05) is 69.2 Å². The Kier molecular flexibility index (Phi) is 6.04. The number of rotatable bonds is 5. The van der Waals surface area contributed by atoms with Gasteiger partial charge >= 0.3 is 0 Å². The van der Waals surface area contributed by atoms with Gasteiger partial charge in [-0.2, -0.15) is 0 Å². The van der Waals surface area contributed by atoms with Crippen LogP contribution in [0.15, 0.2) is 53.3 Å². The fraction of sp³-hybridized carbons (Fsp3) is 0.208. The molecule has 0 spiro atoms. The molecule has 1 N–H and O–H groups in total. The van der Waals surface area contributed by atoms with Crippen molar-refractivity contribution >= 4 is 50.4 Å². The van der Waals surface area contributed by atoms with Crippen LogP contribution in [-0.2, 0) is 11.3 Å². The number of aryl methyl sites for hydroxylation is 2. The number of carbonyl (C=O) groups excluding carboxylic acids is 1. The van der Waals surface area contributed by atoms with Crippen LogP contribution >= 0.6 is 22.9 Å². The highest BCUT2D eigenvalue weighted by atomic mass is 35.5. The summed E-state index contributed by atoms with van der Waals surface area (Å²) in [5.74, 6) is 0.0659. The van der Waals surface area contributed by atoms with Crippen molar-refractivity contribution in [3.63, 3.8) is 0 Å². The molecule has 0 atom stereocenters. The fourth-order valence-corrected chi connectivity index (χ4v) is 4.75. The molecule has 0 fully saturated rings. The summed E-state index contributed by atoms with van der Waals surface area (Å²) in [6.07, 6.45) is 0. The van der Waals surface area contributed by atoms with Gasteiger partial charge in [0.05, 0.1) is 10.4 Å². The molecule has 0 saturated carbocycles. The monoisotopic (exact) mass is 466 g/mol. The lowest BCUT2D eigenvalue weighted by molar-refractivity contribution is -0.116. The molecule has 2 heterocycles. The van der Waals surface area contributed by atoms with Gasteiger partial charge in [0.15, 0.2) is 0 Å². The van der Waals surface area contributed by atoms with Crippen molar-refractivity contribution in [1.82, 2.24) is 9.55 Å². The lowest BCUT2D eigenvalue weighted by atomic mass is 10.1. The minimum absolute atomic E-state index is 0.175. The van der Waals surface area contributed by atoms with Crippen LogP contribution in [0, 0.1) is 13.8 Å². The lowest BCUT2D eigenvalue weighted by Crippen LogP contribution is -2.30. The predicted molar refractivity (Wildman–Crippen MR) is 133 cm³/mol. The number of thiophene rings is 1. The zero-order valence-corrected chi connectivity index (χ0v) is 19.8. The molecule has 4 rings (SSSR count). The van der Waals surface area contributed by atoms with E-state index in [4.69, 9.17) is 16.6 Å². The van der Waals surface area contributed by atoms with E-state index in [9.17, 15) is 9.59 Å². The standard InChI is InChI=1S/C24H23ClN4O2S/c1-14-15(2)32-23-21(14)24(31)29(22(27-23)18-7-5-6-8-19(18)25)13-20(30)26-16-9-11-17(12-10-16)28(3)4/h5-12H,13H2,1-4H3,(H,26,30). The van der Waals surface area contributed by atoms with E-state index in [1.165, 1.54) is 15.9 Å². The maximum absolute atomic E-state index is 13.5. The first-order valence-corrected chi connectivity index (χ1v) is 11.3. The molecule has 4 aromatic rings. The summed E-state index contributed by atoms with van der Waals surface area (Å²) < 4.78 is 1.41. The topological polar surface area (TPSA) is 67.2 Å². The molecule has 2 aromatic heterocycles. The Balaban J connectivity index is 1.76. The summed E-state index contributed by atoms with van der Waals surface area (Å²) in [5, 5.41) is 3.89. The van der Waals surface area contributed by atoms with Crippen LogP contribution in [0.1, 0.15) is 10.4 Å². The van der Waals surface area contributed by atoms with Crippen molar-refractivity contribution in [1.29, 1.82) is 0 Å². The highest BCUT2D eigenvalue weighted by molar-refractivity contribution is 7.18. The second-order valence-electron chi connectivity index (χ2n) is 7.76. The summed E-state index contributed by atoms with van der Waals surface area (Å²) in [6.45, 7) is 3.69. The number of nitrogens with zero attached hydrogens (tertiary/aromatic N) is 3. The van der Waals surface area contributed by atoms with E-state index in [-0.39, 0.29) is 18.0 Å². The van der Waals surface area contributed by atoms with Crippen LogP contribution in [0.5, 0.6) is 0 Å². The Hall–Kier alpha value is -3.16. The van der Waals surface area contributed by atoms with Gasteiger partial charge in [-0.05, 0) is 55.8 Å². The number of aromatic nitrogens is 2. The number of fused-ring (bicyclic) bond motifs is 1. The number of nitrogens with one attached hydrogen (secondary N) is 1. The predicted octanol–water partition coefficient (Wildman–Crippen LogP) is 5.10. The van der Waals surface area contributed by atoms with Crippen LogP contribution in [0.2, 0.25) is 5.02 Å². The largest absolute Gasteiger partial charge is 0.378 e. The number of benzene rings is 2. The molecule has 0 unspecified atom stereocenters. The number of amides is 1. The first kappa shape index (κ1) is 22.0. The smallest absolute Gasteiger partial charge is 0.263 e. The maximum atomic E-state index is 13.5. The van der Waals surface area contributed by atoms with Gasteiger partial charge in [-0.1, -0.05) is 23.7 Å². The fourth-order valence-electron chi connectivity index (χ4n) is 3.51. The second kappa shape index (κ2) is 8.76. The quantitative estimate of drug-likeness (QED) is 0.444. The van der Waals surface area contributed by atoms with Gasteiger partial charge in [-0.3, -0.25) is 14.2 Å². The van der Waals surface area contributed by atoms with Gasteiger partial charge in [0.25, 0.3) is 5.56 Å². The SMILES string of the molecule is Cc1sc2nc(-c3ccccc3Cl)n(CC(=O)Nc3ccc(N(C)C)cc3)c(=O)c2c1C. The Labute approximate surface area is 195 Å². The molecule has 164 valence electrons. The summed E-state index contributed by atoms with van der Waals surface area (Å²) in [7, 11) is 3.90. The van der Waals surface area contributed by atoms with Gasteiger partial charge in [0, 0.05) is 35.9 Å². The molecule has 0 saturated heterocycles. The lowest BCUT2D eigenvalue weighted by Gasteiger charge is -2.15. The first-order chi connectivity index (χ1) is 15.3. The van der Waals surface area contributed by atoms with Gasteiger partial charge < -0.3 is 10.2 Å². The molecule has 0 aliphatic heterocycles. The van der Waals surface area contributed by atoms with Crippen molar-refractivity contribution < 1.29 is 4.79 Å². The molecule has 0 aliphatic carbocycles. The van der Waals surface area contributed by atoms with Crippen molar-refractivity contribution in [3.05, 3.63) is 74.3 Å². The minimum atomic E-state index is -0.316. The normalized spacial score (nSPS) is 11.0. The Morgan fingerprint density at radius 3 is 2.47 bits per heavy atom. The van der Waals surface area contributed by atoms with Crippen molar-refractivity contribution in [2.45, 2.75) is 20.4 Å². The Bertz CT molecular complexity index is 1370.